The molecule has 0 spiro atoms. The number of ether oxygens (including phenoxy) is 1. The number of morpholine rings is 1. The van der Waals surface area contributed by atoms with Gasteiger partial charge in [-0.2, -0.15) is 4.98 Å². The smallest absolute Gasteiger partial charge is 0.253 e. The number of halogens is 2. The number of carbonyl (C=O) groups is 1. The molecule has 1 aliphatic heterocycles. The fraction of sp³-hybridized carbons (Fsp3) is 0.455. The highest BCUT2D eigenvalue weighted by molar-refractivity contribution is 6.36. The van der Waals surface area contributed by atoms with Crippen LogP contribution in [-0.2, 0) is 16.0 Å². The largest absolute Gasteiger partial charge is 0.379 e. The molecule has 0 unspecified atom stereocenters. The molecule has 0 radical (unpaired) electrons. The van der Waals surface area contributed by atoms with Crippen molar-refractivity contribution < 1.29 is 9.53 Å². The molecule has 1 aliphatic rings. The lowest BCUT2D eigenvalue weighted by Gasteiger charge is -2.26. The van der Waals surface area contributed by atoms with Gasteiger partial charge in [-0.1, -0.05) is 23.2 Å². The fourth-order valence-corrected chi connectivity index (χ4v) is 4.35. The Labute approximate surface area is 196 Å². The van der Waals surface area contributed by atoms with Crippen molar-refractivity contribution in [3.63, 3.8) is 0 Å². The molecule has 0 aliphatic carbocycles. The third-order valence-electron chi connectivity index (χ3n) is 5.68. The second-order valence-electron chi connectivity index (χ2n) is 7.84. The molecule has 32 heavy (non-hydrogen) atoms. The first-order valence-corrected chi connectivity index (χ1v) is 11.4. The van der Waals surface area contributed by atoms with E-state index >= 15 is 0 Å². The number of aryl methyl sites for hydroxylation is 2. The summed E-state index contributed by atoms with van der Waals surface area (Å²) in [6, 6.07) is 5.21. The van der Waals surface area contributed by atoms with E-state index in [4.69, 9.17) is 27.9 Å². The molecule has 8 nitrogen and oxygen atoms in total. The van der Waals surface area contributed by atoms with Crippen molar-refractivity contribution in [1.82, 2.24) is 29.8 Å². The summed E-state index contributed by atoms with van der Waals surface area (Å²) in [5, 5.41) is 8.65. The first-order chi connectivity index (χ1) is 15.4. The number of nitrogens with zero attached hydrogens (tertiary/aromatic N) is 5. The Balaban J connectivity index is 1.43. The minimum absolute atomic E-state index is 0.0318. The second kappa shape index (κ2) is 10.1. The second-order valence-corrected chi connectivity index (χ2v) is 8.68. The van der Waals surface area contributed by atoms with Crippen LogP contribution in [0.15, 0.2) is 18.2 Å². The monoisotopic (exact) mass is 476 g/mol. The average Bonchev–Trinajstić information content (AvgIpc) is 3.18. The Morgan fingerprint density at radius 2 is 1.97 bits per heavy atom. The summed E-state index contributed by atoms with van der Waals surface area (Å²) in [5.74, 6) is 1.02. The van der Waals surface area contributed by atoms with Gasteiger partial charge in [0.1, 0.15) is 0 Å². The van der Waals surface area contributed by atoms with Gasteiger partial charge in [0.25, 0.3) is 5.78 Å². The zero-order valence-corrected chi connectivity index (χ0v) is 19.7. The van der Waals surface area contributed by atoms with Gasteiger partial charge in [-0.25, -0.2) is 9.50 Å². The van der Waals surface area contributed by atoms with Crippen molar-refractivity contribution in [1.29, 1.82) is 0 Å². The quantitative estimate of drug-likeness (QED) is 0.563. The molecule has 0 saturated carbocycles. The number of aromatic nitrogens is 4. The van der Waals surface area contributed by atoms with Gasteiger partial charge in [0.15, 0.2) is 5.82 Å². The van der Waals surface area contributed by atoms with Crippen LogP contribution in [0.3, 0.4) is 0 Å². The van der Waals surface area contributed by atoms with E-state index in [1.807, 2.05) is 13.8 Å². The molecule has 0 atom stereocenters. The maximum Gasteiger partial charge on any atom is 0.253 e. The summed E-state index contributed by atoms with van der Waals surface area (Å²) in [6.07, 6.45) is 0.976. The van der Waals surface area contributed by atoms with Gasteiger partial charge in [-0.05, 0) is 44.0 Å². The summed E-state index contributed by atoms with van der Waals surface area (Å²) in [6.45, 7) is 8.74. The number of nitrogens with one attached hydrogen (secondary N) is 1. The van der Waals surface area contributed by atoms with Crippen LogP contribution < -0.4 is 5.32 Å². The Morgan fingerprint density at radius 3 is 2.72 bits per heavy atom. The first-order valence-electron chi connectivity index (χ1n) is 10.7. The van der Waals surface area contributed by atoms with E-state index in [1.54, 1.807) is 22.7 Å². The molecule has 1 saturated heterocycles. The first kappa shape index (κ1) is 22.9. The van der Waals surface area contributed by atoms with Crippen LogP contribution >= 0.6 is 23.2 Å². The summed E-state index contributed by atoms with van der Waals surface area (Å²) in [7, 11) is 0. The highest BCUT2D eigenvalue weighted by Crippen LogP contribution is 2.29. The molecule has 170 valence electrons. The molecule has 4 rings (SSSR count). The fourth-order valence-electron chi connectivity index (χ4n) is 3.86. The minimum Gasteiger partial charge on any atom is -0.379 e. The van der Waals surface area contributed by atoms with E-state index in [0.717, 1.165) is 49.8 Å². The molecular weight excluding hydrogens is 451 g/mol. The Bertz CT molecular complexity index is 1130. The highest BCUT2D eigenvalue weighted by Gasteiger charge is 2.17. The van der Waals surface area contributed by atoms with Crippen LogP contribution in [-0.4, -0.2) is 69.8 Å². The van der Waals surface area contributed by atoms with Crippen molar-refractivity contribution in [2.75, 3.05) is 39.4 Å². The zero-order chi connectivity index (χ0) is 22.7. The SMILES string of the molecule is Cc1nc2nc(-c3ccc(Cl)cc3Cl)nn2c(C)c1CCC(=O)NCCN1CCOCC1. The van der Waals surface area contributed by atoms with Gasteiger partial charge in [-0.3, -0.25) is 9.69 Å². The number of hydrogen-bond donors (Lipinski definition) is 1. The van der Waals surface area contributed by atoms with E-state index in [0.29, 0.717) is 46.6 Å². The number of fused-ring (bicyclic) bond motifs is 1. The summed E-state index contributed by atoms with van der Waals surface area (Å²) in [5.41, 5.74) is 3.45. The normalized spacial score (nSPS) is 14.8. The topological polar surface area (TPSA) is 84.6 Å². The maximum atomic E-state index is 12.4. The van der Waals surface area contributed by atoms with Gasteiger partial charge < -0.3 is 10.1 Å². The molecule has 3 aromatic rings. The minimum atomic E-state index is 0.0318. The van der Waals surface area contributed by atoms with Crippen LogP contribution in [0.25, 0.3) is 17.2 Å². The molecule has 2 aromatic heterocycles. The van der Waals surface area contributed by atoms with Crippen molar-refractivity contribution in [2.45, 2.75) is 26.7 Å². The Morgan fingerprint density at radius 1 is 1.19 bits per heavy atom. The number of hydrogen-bond acceptors (Lipinski definition) is 6. The Kier molecular flexibility index (Phi) is 7.25. The third-order valence-corrected chi connectivity index (χ3v) is 6.22. The predicted molar refractivity (Wildman–Crippen MR) is 124 cm³/mol. The van der Waals surface area contributed by atoms with Gasteiger partial charge in [0.2, 0.25) is 5.91 Å². The summed E-state index contributed by atoms with van der Waals surface area (Å²) < 4.78 is 7.05. The van der Waals surface area contributed by atoms with E-state index in [9.17, 15) is 4.79 Å². The van der Waals surface area contributed by atoms with Crippen molar-refractivity contribution >= 4 is 34.9 Å². The highest BCUT2D eigenvalue weighted by atomic mass is 35.5. The molecule has 1 N–H and O–H groups in total. The van der Waals surface area contributed by atoms with Crippen molar-refractivity contribution in [3.8, 4) is 11.4 Å². The zero-order valence-electron chi connectivity index (χ0n) is 18.2. The van der Waals surface area contributed by atoms with Crippen molar-refractivity contribution in [2.24, 2.45) is 0 Å². The van der Waals surface area contributed by atoms with Crippen LogP contribution in [0.2, 0.25) is 10.0 Å². The third kappa shape index (κ3) is 5.20. The van der Waals surface area contributed by atoms with Crippen LogP contribution in [0.4, 0.5) is 0 Å². The van der Waals surface area contributed by atoms with Crippen LogP contribution in [0.5, 0.6) is 0 Å². The standard InChI is InChI=1S/C22H26Cl2N6O2/c1-14-17(5-6-20(31)25-7-8-29-9-11-32-12-10-29)15(2)30-22(26-14)27-21(28-30)18-4-3-16(23)13-19(18)24/h3-4,13H,5-12H2,1-2H3,(H,25,31). The molecule has 0 bridgehead atoms. The molecule has 10 heteroatoms. The summed E-state index contributed by atoms with van der Waals surface area (Å²) in [4.78, 5) is 23.8. The van der Waals surface area contributed by atoms with Crippen molar-refractivity contribution in [3.05, 3.63) is 45.2 Å². The molecule has 1 fully saturated rings. The summed E-state index contributed by atoms with van der Waals surface area (Å²) >= 11 is 12.3. The number of amides is 1. The lowest BCUT2D eigenvalue weighted by atomic mass is 10.1. The number of carbonyl (C=O) groups excluding carboxylic acids is 1. The van der Waals surface area contributed by atoms with E-state index < -0.39 is 0 Å². The molecule has 1 aromatic carbocycles. The van der Waals surface area contributed by atoms with Gasteiger partial charge in [0.05, 0.1) is 18.2 Å². The molecule has 1 amide bonds. The number of rotatable bonds is 7. The van der Waals surface area contributed by atoms with Crippen LogP contribution in [0, 0.1) is 13.8 Å². The van der Waals surface area contributed by atoms with E-state index in [-0.39, 0.29) is 5.91 Å². The molecular formula is C22H26Cl2N6O2. The lowest BCUT2D eigenvalue weighted by molar-refractivity contribution is -0.121. The number of benzene rings is 1. The van der Waals surface area contributed by atoms with Gasteiger partial charge in [-0.15, -0.1) is 5.10 Å². The Hall–Kier alpha value is -2.26. The van der Waals surface area contributed by atoms with E-state index in [1.165, 1.54) is 0 Å². The average molecular weight is 477 g/mol. The van der Waals surface area contributed by atoms with Crippen LogP contribution in [0.1, 0.15) is 23.4 Å². The van der Waals surface area contributed by atoms with E-state index in [2.05, 4.69) is 25.3 Å². The van der Waals surface area contributed by atoms with Gasteiger partial charge in [0, 0.05) is 54.6 Å². The molecule has 3 heterocycles. The lowest BCUT2D eigenvalue weighted by Crippen LogP contribution is -2.41. The predicted octanol–water partition coefficient (Wildman–Crippen LogP) is 3.10. The van der Waals surface area contributed by atoms with Gasteiger partial charge >= 0.3 is 0 Å². The maximum absolute atomic E-state index is 12.4.